The second-order valence-electron chi connectivity index (χ2n) is 11.2. The van der Waals surface area contributed by atoms with E-state index < -0.39 is 0 Å². The molecule has 0 aliphatic carbocycles. The average molecular weight is 525 g/mol. The average Bonchev–Trinajstić information content (AvgIpc) is 3.82. The van der Waals surface area contributed by atoms with E-state index in [1.54, 1.807) is 0 Å². The summed E-state index contributed by atoms with van der Waals surface area (Å²) in [5, 5.41) is 9.54. The first kappa shape index (κ1) is 23.6. The Morgan fingerprint density at radius 1 is 0.575 bits per heavy atom. The molecule has 6 nitrogen and oxygen atoms in total. The molecule has 2 atom stereocenters. The van der Waals surface area contributed by atoms with Gasteiger partial charge in [0.25, 0.3) is 0 Å². The summed E-state index contributed by atoms with van der Waals surface area (Å²) in [6, 6.07) is 29.5. The van der Waals surface area contributed by atoms with Crippen LogP contribution in [0.5, 0.6) is 0 Å². The van der Waals surface area contributed by atoms with Crippen LogP contribution in [-0.2, 0) is 0 Å². The van der Waals surface area contributed by atoms with Crippen LogP contribution < -0.4 is 10.6 Å². The molecular weight excluding hydrogens is 492 g/mol. The van der Waals surface area contributed by atoms with Crippen molar-refractivity contribution < 1.29 is 0 Å². The van der Waals surface area contributed by atoms with Crippen molar-refractivity contribution in [1.29, 1.82) is 0 Å². The van der Waals surface area contributed by atoms with Crippen LogP contribution in [0.4, 0.5) is 0 Å². The maximum Gasteiger partial charge on any atom is 0.124 e. The molecule has 2 aliphatic rings. The van der Waals surface area contributed by atoms with Crippen molar-refractivity contribution in [3.63, 3.8) is 0 Å². The molecule has 2 aliphatic heterocycles. The van der Waals surface area contributed by atoms with E-state index in [1.165, 1.54) is 45.9 Å². The lowest BCUT2D eigenvalue weighted by Crippen LogP contribution is -2.14. The molecule has 6 aromatic rings. The normalized spacial score (nSPS) is 19.2. The van der Waals surface area contributed by atoms with Crippen LogP contribution in [0, 0.1) is 0 Å². The van der Waals surface area contributed by atoms with E-state index in [2.05, 4.69) is 104 Å². The summed E-state index contributed by atoms with van der Waals surface area (Å²) >= 11 is 0. The maximum absolute atomic E-state index is 4.84. The standard InChI is InChI=1S/C34H32N6/c1-3-29(35-15-1)33-37-20-32(40-33)23-9-5-21(6-10-23)24-11-7-22-8-12-25(18-27(22)17-24)26-13-14-28-31(19-26)39-34(38-28)30-4-2-16-36-30/h5-14,17-20,29-30,35-36H,1-4,15-16H2,(H,37,40)(H,38,39). The molecule has 2 saturated heterocycles. The number of benzene rings is 4. The highest BCUT2D eigenvalue weighted by Gasteiger charge is 2.20. The number of hydrogen-bond donors (Lipinski definition) is 4. The minimum Gasteiger partial charge on any atom is -0.341 e. The second kappa shape index (κ2) is 9.73. The fourth-order valence-corrected chi connectivity index (χ4v) is 6.32. The van der Waals surface area contributed by atoms with Crippen LogP contribution in [0.15, 0.2) is 85.1 Å². The predicted octanol–water partition coefficient (Wildman–Crippen LogP) is 7.29. The molecule has 8 rings (SSSR count). The largest absolute Gasteiger partial charge is 0.341 e. The van der Waals surface area contributed by atoms with Gasteiger partial charge in [-0.2, -0.15) is 0 Å². The van der Waals surface area contributed by atoms with Gasteiger partial charge in [0.2, 0.25) is 0 Å². The fraction of sp³-hybridized carbons (Fsp3) is 0.235. The smallest absolute Gasteiger partial charge is 0.124 e. The van der Waals surface area contributed by atoms with Crippen molar-refractivity contribution in [3.05, 3.63) is 96.7 Å². The van der Waals surface area contributed by atoms with Crippen LogP contribution in [0.25, 0.3) is 55.3 Å². The quantitative estimate of drug-likeness (QED) is 0.191. The van der Waals surface area contributed by atoms with Gasteiger partial charge in [-0.15, -0.1) is 0 Å². The first-order valence-electron chi connectivity index (χ1n) is 14.4. The molecular formula is C34H32N6. The summed E-state index contributed by atoms with van der Waals surface area (Å²) in [4.78, 5) is 16.6. The van der Waals surface area contributed by atoms with Crippen molar-refractivity contribution in [2.75, 3.05) is 13.1 Å². The summed E-state index contributed by atoms with van der Waals surface area (Å²) in [6.45, 7) is 2.14. The van der Waals surface area contributed by atoms with Gasteiger partial charge in [0, 0.05) is 0 Å². The van der Waals surface area contributed by atoms with Crippen molar-refractivity contribution in [2.45, 2.75) is 37.8 Å². The summed E-state index contributed by atoms with van der Waals surface area (Å²) in [5.74, 6) is 2.09. The van der Waals surface area contributed by atoms with Gasteiger partial charge in [-0.25, -0.2) is 9.97 Å². The zero-order valence-electron chi connectivity index (χ0n) is 22.4. The molecule has 6 heteroatoms. The molecule has 40 heavy (non-hydrogen) atoms. The number of rotatable bonds is 5. The van der Waals surface area contributed by atoms with Crippen molar-refractivity contribution in [2.24, 2.45) is 0 Å². The summed E-state index contributed by atoms with van der Waals surface area (Å²) in [6.07, 6.45) is 6.66. The number of H-pyrrole nitrogens is 2. The van der Waals surface area contributed by atoms with E-state index in [-0.39, 0.29) is 0 Å². The van der Waals surface area contributed by atoms with E-state index >= 15 is 0 Å². The molecule has 4 N–H and O–H groups in total. The summed E-state index contributed by atoms with van der Waals surface area (Å²) in [5.41, 5.74) is 9.19. The fourth-order valence-electron chi connectivity index (χ4n) is 6.32. The predicted molar refractivity (Wildman–Crippen MR) is 162 cm³/mol. The first-order chi connectivity index (χ1) is 19.8. The third-order valence-corrected chi connectivity index (χ3v) is 8.58. The number of fused-ring (bicyclic) bond motifs is 2. The molecule has 4 heterocycles. The number of nitrogens with one attached hydrogen (secondary N) is 4. The molecule has 2 unspecified atom stereocenters. The van der Waals surface area contributed by atoms with E-state index in [4.69, 9.17) is 4.98 Å². The van der Waals surface area contributed by atoms with Crippen LogP contribution in [-0.4, -0.2) is 33.0 Å². The van der Waals surface area contributed by atoms with E-state index in [1.807, 2.05) is 6.20 Å². The topological polar surface area (TPSA) is 81.4 Å². The zero-order valence-corrected chi connectivity index (χ0v) is 22.4. The third-order valence-electron chi connectivity index (χ3n) is 8.58. The minimum atomic E-state index is 0.343. The Hall–Kier alpha value is -4.26. The number of nitrogens with zero attached hydrogens (tertiary/aromatic N) is 2. The van der Waals surface area contributed by atoms with Crippen LogP contribution >= 0.6 is 0 Å². The van der Waals surface area contributed by atoms with Crippen LogP contribution in [0.3, 0.4) is 0 Å². The number of imidazole rings is 2. The highest BCUT2D eigenvalue weighted by molar-refractivity contribution is 5.92. The molecule has 0 saturated carbocycles. The van der Waals surface area contributed by atoms with E-state index in [9.17, 15) is 0 Å². The van der Waals surface area contributed by atoms with Crippen LogP contribution in [0.1, 0.15) is 49.4 Å². The lowest BCUT2D eigenvalue weighted by Gasteiger charge is -2.08. The monoisotopic (exact) mass is 524 g/mol. The number of aromatic nitrogens is 4. The number of aromatic amines is 2. The molecule has 0 amide bonds. The van der Waals surface area contributed by atoms with Gasteiger partial charge in [-0.1, -0.05) is 54.6 Å². The summed E-state index contributed by atoms with van der Waals surface area (Å²) < 4.78 is 0. The molecule has 198 valence electrons. The Labute approximate surface area is 233 Å². The van der Waals surface area contributed by atoms with Crippen LogP contribution in [0.2, 0.25) is 0 Å². The van der Waals surface area contributed by atoms with Crippen molar-refractivity contribution in [1.82, 2.24) is 30.6 Å². The molecule has 0 radical (unpaired) electrons. The Morgan fingerprint density at radius 2 is 1.20 bits per heavy atom. The van der Waals surface area contributed by atoms with E-state index in [0.717, 1.165) is 59.9 Å². The number of hydrogen-bond acceptors (Lipinski definition) is 4. The van der Waals surface area contributed by atoms with Gasteiger partial charge in [-0.3, -0.25) is 0 Å². The first-order valence-corrected chi connectivity index (χ1v) is 14.4. The SMILES string of the molecule is c1cc(-c2cnc(C3CCCN3)[nH]2)ccc1-c1ccc2ccc(-c3ccc4nc(C5CCCN5)[nH]c4c3)cc2c1. The second-order valence-corrected chi connectivity index (χ2v) is 11.2. The third kappa shape index (κ3) is 4.30. The van der Waals surface area contributed by atoms with Gasteiger partial charge < -0.3 is 20.6 Å². The van der Waals surface area contributed by atoms with Gasteiger partial charge in [0.05, 0.1) is 35.0 Å². The molecule has 4 aromatic carbocycles. The molecule has 0 spiro atoms. The van der Waals surface area contributed by atoms with Gasteiger partial charge in [-0.05, 0) is 102 Å². The Balaban J connectivity index is 1.07. The minimum absolute atomic E-state index is 0.343. The Morgan fingerprint density at radius 3 is 1.93 bits per heavy atom. The molecule has 0 bridgehead atoms. The van der Waals surface area contributed by atoms with Crippen molar-refractivity contribution >= 4 is 21.8 Å². The van der Waals surface area contributed by atoms with Gasteiger partial charge >= 0.3 is 0 Å². The molecule has 2 aromatic heterocycles. The Kier molecular flexibility index (Phi) is 5.75. The highest BCUT2D eigenvalue weighted by atomic mass is 15.0. The lowest BCUT2D eigenvalue weighted by molar-refractivity contribution is 0.613. The molecule has 2 fully saturated rings. The van der Waals surface area contributed by atoms with Crippen molar-refractivity contribution in [3.8, 4) is 33.5 Å². The van der Waals surface area contributed by atoms with Gasteiger partial charge in [0.15, 0.2) is 0 Å². The zero-order chi connectivity index (χ0) is 26.5. The van der Waals surface area contributed by atoms with Gasteiger partial charge in [0.1, 0.15) is 11.6 Å². The Bertz CT molecular complexity index is 1820. The lowest BCUT2D eigenvalue weighted by atomic mass is 9.97. The summed E-state index contributed by atoms with van der Waals surface area (Å²) in [7, 11) is 0. The maximum atomic E-state index is 4.84. The highest BCUT2D eigenvalue weighted by Crippen LogP contribution is 2.32. The van der Waals surface area contributed by atoms with E-state index in [0.29, 0.717) is 12.1 Å².